The smallest absolute Gasteiger partial charge is 0.243 e. The molecule has 1 aromatic heterocycles. The van der Waals surface area contributed by atoms with Crippen LogP contribution in [-0.4, -0.2) is 18.4 Å². The molecule has 2 rings (SSSR count). The van der Waals surface area contributed by atoms with Crippen molar-refractivity contribution >= 4 is 17.5 Å². The van der Waals surface area contributed by atoms with Crippen molar-refractivity contribution in [3.8, 4) is 0 Å². The molecule has 0 bridgehead atoms. The highest BCUT2D eigenvalue weighted by atomic mass is 16.3. The van der Waals surface area contributed by atoms with Gasteiger partial charge in [-0.05, 0) is 43.2 Å². The van der Waals surface area contributed by atoms with Crippen molar-refractivity contribution in [3.63, 3.8) is 0 Å². The zero-order chi connectivity index (χ0) is 15.9. The summed E-state index contributed by atoms with van der Waals surface area (Å²) in [6, 6.07) is 9.33. The standard InChI is InChI=1S/C17H20N2O3/c1-12-5-3-7-15(13(12)2)19-17(21)11-18-16(20)9-8-14-6-4-10-22-14/h3-7,10H,8-9,11H2,1-2H3,(H,18,20)(H,19,21). The largest absolute Gasteiger partial charge is 0.469 e. The Kier molecular flexibility index (Phi) is 5.36. The van der Waals surface area contributed by atoms with E-state index in [0.717, 1.165) is 22.6 Å². The molecular formula is C17H20N2O3. The molecule has 116 valence electrons. The van der Waals surface area contributed by atoms with E-state index < -0.39 is 0 Å². The van der Waals surface area contributed by atoms with Crippen LogP contribution in [0.2, 0.25) is 0 Å². The molecule has 0 fully saturated rings. The summed E-state index contributed by atoms with van der Waals surface area (Å²) in [5.41, 5.74) is 2.91. The van der Waals surface area contributed by atoms with Gasteiger partial charge in [-0.25, -0.2) is 0 Å². The lowest BCUT2D eigenvalue weighted by Gasteiger charge is -2.10. The SMILES string of the molecule is Cc1cccc(NC(=O)CNC(=O)CCc2ccco2)c1C. The summed E-state index contributed by atoms with van der Waals surface area (Å²) in [5, 5.41) is 5.41. The molecule has 5 nitrogen and oxygen atoms in total. The van der Waals surface area contributed by atoms with E-state index in [1.807, 2.05) is 38.1 Å². The van der Waals surface area contributed by atoms with Gasteiger partial charge in [0.05, 0.1) is 12.8 Å². The summed E-state index contributed by atoms with van der Waals surface area (Å²) in [4.78, 5) is 23.6. The predicted molar refractivity (Wildman–Crippen MR) is 84.6 cm³/mol. The van der Waals surface area contributed by atoms with Crippen LogP contribution in [0.25, 0.3) is 0 Å². The molecule has 0 spiro atoms. The van der Waals surface area contributed by atoms with Gasteiger partial charge in [0, 0.05) is 18.5 Å². The van der Waals surface area contributed by atoms with Crippen LogP contribution in [0.4, 0.5) is 5.69 Å². The van der Waals surface area contributed by atoms with Crippen LogP contribution in [-0.2, 0) is 16.0 Å². The highest BCUT2D eigenvalue weighted by Gasteiger charge is 2.08. The normalized spacial score (nSPS) is 10.3. The number of furan rings is 1. The fourth-order valence-electron chi connectivity index (χ4n) is 2.04. The van der Waals surface area contributed by atoms with E-state index in [4.69, 9.17) is 4.42 Å². The minimum atomic E-state index is -0.236. The molecule has 0 saturated carbocycles. The maximum Gasteiger partial charge on any atom is 0.243 e. The highest BCUT2D eigenvalue weighted by molar-refractivity contribution is 5.95. The lowest BCUT2D eigenvalue weighted by molar-refractivity contribution is -0.124. The predicted octanol–water partition coefficient (Wildman–Crippen LogP) is 2.58. The number of benzene rings is 1. The van der Waals surface area contributed by atoms with Crippen LogP contribution in [0.1, 0.15) is 23.3 Å². The van der Waals surface area contributed by atoms with Gasteiger partial charge in [-0.15, -0.1) is 0 Å². The molecule has 22 heavy (non-hydrogen) atoms. The number of hydrogen-bond acceptors (Lipinski definition) is 3. The van der Waals surface area contributed by atoms with Crippen molar-refractivity contribution < 1.29 is 14.0 Å². The number of anilines is 1. The van der Waals surface area contributed by atoms with Gasteiger partial charge in [0.1, 0.15) is 5.76 Å². The first-order chi connectivity index (χ1) is 10.6. The summed E-state index contributed by atoms with van der Waals surface area (Å²) in [6.07, 6.45) is 2.40. The molecule has 1 aromatic carbocycles. The quantitative estimate of drug-likeness (QED) is 0.861. The average molecular weight is 300 g/mol. The molecule has 0 aliphatic rings. The second kappa shape index (κ2) is 7.45. The second-order valence-corrected chi connectivity index (χ2v) is 5.15. The molecule has 1 heterocycles. The van der Waals surface area contributed by atoms with Crippen molar-refractivity contribution in [3.05, 3.63) is 53.5 Å². The minimum absolute atomic E-state index is 0.0373. The number of rotatable bonds is 6. The van der Waals surface area contributed by atoms with E-state index in [1.54, 1.807) is 12.3 Å². The van der Waals surface area contributed by atoms with Crippen molar-refractivity contribution in [2.45, 2.75) is 26.7 Å². The van der Waals surface area contributed by atoms with E-state index in [9.17, 15) is 9.59 Å². The van der Waals surface area contributed by atoms with Gasteiger partial charge in [-0.3, -0.25) is 9.59 Å². The van der Waals surface area contributed by atoms with Gasteiger partial charge in [-0.1, -0.05) is 12.1 Å². The van der Waals surface area contributed by atoms with E-state index in [2.05, 4.69) is 10.6 Å². The van der Waals surface area contributed by atoms with Crippen molar-refractivity contribution in [1.82, 2.24) is 5.32 Å². The maximum atomic E-state index is 11.9. The van der Waals surface area contributed by atoms with Gasteiger partial charge < -0.3 is 15.1 Å². The Labute approximate surface area is 129 Å². The Balaban J connectivity index is 1.75. The average Bonchev–Trinajstić information content (AvgIpc) is 3.01. The molecule has 0 aliphatic carbocycles. The fraction of sp³-hybridized carbons (Fsp3) is 0.294. The molecule has 0 atom stereocenters. The van der Waals surface area contributed by atoms with Crippen LogP contribution in [0.5, 0.6) is 0 Å². The first-order valence-electron chi connectivity index (χ1n) is 7.21. The first kappa shape index (κ1) is 15.8. The number of amides is 2. The van der Waals surface area contributed by atoms with E-state index in [1.165, 1.54) is 0 Å². The van der Waals surface area contributed by atoms with Gasteiger partial charge >= 0.3 is 0 Å². The van der Waals surface area contributed by atoms with Gasteiger partial charge in [0.15, 0.2) is 0 Å². The monoisotopic (exact) mass is 300 g/mol. The Morgan fingerprint density at radius 2 is 1.91 bits per heavy atom. The third-order valence-corrected chi connectivity index (χ3v) is 3.50. The van der Waals surface area contributed by atoms with Gasteiger partial charge in [-0.2, -0.15) is 0 Å². The Bertz CT molecular complexity index is 648. The molecule has 0 aliphatic heterocycles. The summed E-state index contributed by atoms with van der Waals surface area (Å²) >= 11 is 0. The number of aryl methyl sites for hydroxylation is 2. The van der Waals surface area contributed by atoms with Crippen LogP contribution in [0.15, 0.2) is 41.0 Å². The van der Waals surface area contributed by atoms with Crippen LogP contribution >= 0.6 is 0 Å². The summed E-state index contributed by atoms with van der Waals surface area (Å²) < 4.78 is 5.15. The van der Waals surface area contributed by atoms with E-state index in [-0.39, 0.29) is 18.4 Å². The molecule has 0 radical (unpaired) electrons. The summed E-state index contributed by atoms with van der Waals surface area (Å²) in [6.45, 7) is 3.90. The van der Waals surface area contributed by atoms with Gasteiger partial charge in [0.25, 0.3) is 0 Å². The Hall–Kier alpha value is -2.56. The number of nitrogens with one attached hydrogen (secondary N) is 2. The zero-order valence-corrected chi connectivity index (χ0v) is 12.8. The minimum Gasteiger partial charge on any atom is -0.469 e. The molecule has 0 unspecified atom stereocenters. The Morgan fingerprint density at radius 1 is 1.09 bits per heavy atom. The van der Waals surface area contributed by atoms with Crippen LogP contribution in [0.3, 0.4) is 0 Å². The third-order valence-electron chi connectivity index (χ3n) is 3.50. The maximum absolute atomic E-state index is 11.9. The van der Waals surface area contributed by atoms with Crippen LogP contribution < -0.4 is 10.6 Å². The molecule has 0 saturated heterocycles. The lowest BCUT2D eigenvalue weighted by atomic mass is 10.1. The van der Waals surface area contributed by atoms with Crippen LogP contribution in [0, 0.1) is 13.8 Å². The number of carbonyl (C=O) groups excluding carboxylic acids is 2. The van der Waals surface area contributed by atoms with Crippen molar-refractivity contribution in [2.24, 2.45) is 0 Å². The highest BCUT2D eigenvalue weighted by Crippen LogP contribution is 2.17. The third kappa shape index (κ3) is 4.48. The molecular weight excluding hydrogens is 280 g/mol. The van der Waals surface area contributed by atoms with Crippen molar-refractivity contribution in [2.75, 3.05) is 11.9 Å². The van der Waals surface area contributed by atoms with E-state index in [0.29, 0.717) is 12.8 Å². The topological polar surface area (TPSA) is 71.3 Å². The number of carbonyl (C=O) groups is 2. The summed E-state index contributed by atoms with van der Waals surface area (Å²) in [7, 11) is 0. The molecule has 2 N–H and O–H groups in total. The van der Waals surface area contributed by atoms with Gasteiger partial charge in [0.2, 0.25) is 11.8 Å². The van der Waals surface area contributed by atoms with E-state index >= 15 is 0 Å². The lowest BCUT2D eigenvalue weighted by Crippen LogP contribution is -2.33. The molecule has 2 amide bonds. The fourth-order valence-corrected chi connectivity index (χ4v) is 2.04. The molecule has 5 heteroatoms. The van der Waals surface area contributed by atoms with Crippen molar-refractivity contribution in [1.29, 1.82) is 0 Å². The summed E-state index contributed by atoms with van der Waals surface area (Å²) in [5.74, 6) is 0.350. The number of hydrogen-bond donors (Lipinski definition) is 2. The molecule has 2 aromatic rings. The Morgan fingerprint density at radius 3 is 2.64 bits per heavy atom. The zero-order valence-electron chi connectivity index (χ0n) is 12.8. The first-order valence-corrected chi connectivity index (χ1v) is 7.21. The second-order valence-electron chi connectivity index (χ2n) is 5.15.